The van der Waals surface area contributed by atoms with Gasteiger partial charge in [-0.2, -0.15) is 0 Å². The van der Waals surface area contributed by atoms with Crippen molar-refractivity contribution in [3.8, 4) is 34.4 Å². The Balaban J connectivity index is 0.00000323. The molecular formula is C33H22N4O2Pd. The summed E-state index contributed by atoms with van der Waals surface area (Å²) >= 11 is 0. The van der Waals surface area contributed by atoms with Crippen LogP contribution in [-0.4, -0.2) is 15.0 Å². The maximum Gasteiger partial charge on any atom is 2.00 e. The number of aromatic nitrogens is 3. The van der Waals surface area contributed by atoms with Crippen molar-refractivity contribution in [1.29, 1.82) is 0 Å². The van der Waals surface area contributed by atoms with Gasteiger partial charge in [-0.1, -0.05) is 78.6 Å². The molecule has 0 aliphatic rings. The van der Waals surface area contributed by atoms with Gasteiger partial charge in [0.1, 0.15) is 0 Å². The SMILES string of the molecule is [Pd+2].[c-]1c(Oc2[c-]c(-c3ccccn3)cnc2)cc(N(c2ccccc2)c2ccccc2)cc1Oc1ccccn1. The maximum absolute atomic E-state index is 6.25. The minimum atomic E-state index is 0. The van der Waals surface area contributed by atoms with Gasteiger partial charge in [0.25, 0.3) is 0 Å². The molecule has 0 aliphatic carbocycles. The molecule has 7 heteroatoms. The molecule has 0 aliphatic heterocycles. The number of nitrogens with zero attached hydrogens (tertiary/aromatic N) is 4. The van der Waals surface area contributed by atoms with Crippen LogP contribution in [0.4, 0.5) is 17.1 Å². The van der Waals surface area contributed by atoms with E-state index in [1.165, 1.54) is 0 Å². The van der Waals surface area contributed by atoms with Crippen LogP contribution in [0.15, 0.2) is 134 Å². The van der Waals surface area contributed by atoms with Crippen LogP contribution in [-0.2, 0) is 20.4 Å². The van der Waals surface area contributed by atoms with Gasteiger partial charge in [0, 0.05) is 41.3 Å². The van der Waals surface area contributed by atoms with Gasteiger partial charge in [0.05, 0.1) is 5.75 Å². The van der Waals surface area contributed by atoms with Crippen molar-refractivity contribution in [3.63, 3.8) is 0 Å². The molecule has 3 heterocycles. The second-order valence-electron chi connectivity index (χ2n) is 8.47. The van der Waals surface area contributed by atoms with Gasteiger partial charge in [-0.3, -0.25) is 0 Å². The molecule has 0 bridgehead atoms. The number of hydrogen-bond donors (Lipinski definition) is 0. The summed E-state index contributed by atoms with van der Waals surface area (Å²) in [6, 6.07) is 41.7. The van der Waals surface area contributed by atoms with Crippen LogP contribution >= 0.6 is 0 Å². The molecule has 6 nitrogen and oxygen atoms in total. The van der Waals surface area contributed by atoms with Crippen molar-refractivity contribution in [1.82, 2.24) is 15.0 Å². The van der Waals surface area contributed by atoms with Crippen molar-refractivity contribution in [2.75, 3.05) is 4.90 Å². The largest absolute Gasteiger partial charge is 2.00 e. The zero-order valence-electron chi connectivity index (χ0n) is 21.1. The molecule has 6 aromatic rings. The van der Waals surface area contributed by atoms with E-state index in [1.54, 1.807) is 30.9 Å². The Morgan fingerprint density at radius 1 is 0.550 bits per heavy atom. The van der Waals surface area contributed by atoms with Crippen LogP contribution in [0.1, 0.15) is 0 Å². The predicted molar refractivity (Wildman–Crippen MR) is 151 cm³/mol. The van der Waals surface area contributed by atoms with Crippen molar-refractivity contribution in [2.45, 2.75) is 0 Å². The molecule has 3 aromatic carbocycles. The monoisotopic (exact) mass is 612 g/mol. The Kier molecular flexibility index (Phi) is 8.57. The third-order valence-corrected chi connectivity index (χ3v) is 5.76. The summed E-state index contributed by atoms with van der Waals surface area (Å²) in [6.45, 7) is 0. The molecule has 0 amide bonds. The van der Waals surface area contributed by atoms with Gasteiger partial charge in [0.2, 0.25) is 5.88 Å². The third-order valence-electron chi connectivity index (χ3n) is 5.76. The topological polar surface area (TPSA) is 60.4 Å². The molecule has 196 valence electrons. The van der Waals surface area contributed by atoms with E-state index in [9.17, 15) is 0 Å². The fraction of sp³-hybridized carbons (Fsp3) is 0. The first-order valence-electron chi connectivity index (χ1n) is 12.3. The van der Waals surface area contributed by atoms with Crippen LogP contribution < -0.4 is 14.4 Å². The van der Waals surface area contributed by atoms with Crippen LogP contribution in [0.2, 0.25) is 0 Å². The van der Waals surface area contributed by atoms with Gasteiger partial charge in [-0.15, -0.1) is 17.7 Å². The smallest absolute Gasteiger partial charge is 0.501 e. The van der Waals surface area contributed by atoms with Gasteiger partial charge in [-0.05, 0) is 48.3 Å². The van der Waals surface area contributed by atoms with Crippen molar-refractivity contribution < 1.29 is 29.9 Å². The zero-order chi connectivity index (χ0) is 26.3. The van der Waals surface area contributed by atoms with E-state index in [0.29, 0.717) is 23.1 Å². The molecule has 3 aromatic heterocycles. The molecule has 0 unspecified atom stereocenters. The number of ether oxygens (including phenoxy) is 2. The molecule has 6 rings (SSSR count). The average Bonchev–Trinajstić information content (AvgIpc) is 2.99. The average molecular weight is 613 g/mol. The fourth-order valence-electron chi connectivity index (χ4n) is 4.06. The molecule has 40 heavy (non-hydrogen) atoms. The van der Waals surface area contributed by atoms with Crippen LogP contribution in [0.25, 0.3) is 11.3 Å². The van der Waals surface area contributed by atoms with E-state index < -0.39 is 0 Å². The minimum Gasteiger partial charge on any atom is -0.501 e. The van der Waals surface area contributed by atoms with Gasteiger partial charge in [-0.25, -0.2) is 4.98 Å². The van der Waals surface area contributed by atoms with Crippen molar-refractivity contribution >= 4 is 17.1 Å². The quantitative estimate of drug-likeness (QED) is 0.128. The van der Waals surface area contributed by atoms with Crippen LogP contribution in [0.5, 0.6) is 23.1 Å². The molecular weight excluding hydrogens is 591 g/mol. The number of benzene rings is 3. The van der Waals surface area contributed by atoms with Crippen molar-refractivity contribution in [2.24, 2.45) is 0 Å². The predicted octanol–water partition coefficient (Wildman–Crippen LogP) is 8.19. The Morgan fingerprint density at radius 3 is 1.80 bits per heavy atom. The number of rotatable bonds is 8. The Hall–Kier alpha value is -4.83. The third kappa shape index (κ3) is 6.41. The van der Waals surface area contributed by atoms with E-state index in [1.807, 2.05) is 78.9 Å². The fourth-order valence-corrected chi connectivity index (χ4v) is 4.06. The standard InChI is InChI=1S/C33H22N4O2.Pd/c1-3-11-26(12-4-1)37(27-13-5-2-6-14-27)28-20-29(22-30(21-28)39-33-16-8-10-18-36-33)38-31-19-25(23-34-24-31)32-15-7-9-17-35-32;/h1-18,20-21,23-24H;/q-2;+2. The van der Waals surface area contributed by atoms with Crippen LogP contribution in [0, 0.1) is 12.1 Å². The summed E-state index contributed by atoms with van der Waals surface area (Å²) in [5.41, 5.74) is 4.27. The molecule has 0 saturated carbocycles. The molecule has 0 saturated heterocycles. The summed E-state index contributed by atoms with van der Waals surface area (Å²) in [4.78, 5) is 15.2. The summed E-state index contributed by atoms with van der Waals surface area (Å²) in [5.74, 6) is 1.77. The van der Waals surface area contributed by atoms with E-state index in [-0.39, 0.29) is 20.4 Å². The number of pyridine rings is 3. The Labute approximate surface area is 246 Å². The first-order chi connectivity index (χ1) is 19.3. The summed E-state index contributed by atoms with van der Waals surface area (Å²) in [7, 11) is 0. The number of hydrogen-bond acceptors (Lipinski definition) is 6. The van der Waals surface area contributed by atoms with E-state index >= 15 is 0 Å². The van der Waals surface area contributed by atoms with E-state index in [2.05, 4.69) is 56.3 Å². The first kappa shape index (κ1) is 26.8. The molecule has 0 radical (unpaired) electrons. The summed E-state index contributed by atoms with van der Waals surface area (Å²) < 4.78 is 12.4. The summed E-state index contributed by atoms with van der Waals surface area (Å²) in [6.07, 6.45) is 6.73. The van der Waals surface area contributed by atoms with Gasteiger partial charge >= 0.3 is 20.4 Å². The normalized spacial score (nSPS) is 10.3. The van der Waals surface area contributed by atoms with Gasteiger partial charge in [0.15, 0.2) is 0 Å². The van der Waals surface area contributed by atoms with Crippen LogP contribution in [0.3, 0.4) is 0 Å². The molecule has 0 N–H and O–H groups in total. The van der Waals surface area contributed by atoms with E-state index in [4.69, 9.17) is 9.47 Å². The second-order valence-corrected chi connectivity index (χ2v) is 8.47. The minimum absolute atomic E-state index is 0. The maximum atomic E-state index is 6.25. The zero-order valence-corrected chi connectivity index (χ0v) is 22.7. The molecule has 0 atom stereocenters. The molecule has 0 spiro atoms. The number of anilines is 3. The Morgan fingerprint density at radius 2 is 1.18 bits per heavy atom. The first-order valence-corrected chi connectivity index (χ1v) is 12.3. The van der Waals surface area contributed by atoms with Gasteiger partial charge < -0.3 is 24.3 Å². The Bertz CT molecular complexity index is 1620. The molecule has 0 fully saturated rings. The van der Waals surface area contributed by atoms with Crippen molar-refractivity contribution in [3.05, 3.63) is 146 Å². The number of para-hydroxylation sites is 2. The second kappa shape index (κ2) is 12.8. The summed E-state index contributed by atoms with van der Waals surface area (Å²) in [5, 5.41) is 0. The van der Waals surface area contributed by atoms with E-state index in [0.717, 1.165) is 28.3 Å².